The van der Waals surface area contributed by atoms with E-state index in [4.69, 9.17) is 10.5 Å². The van der Waals surface area contributed by atoms with E-state index in [0.29, 0.717) is 13.2 Å². The Morgan fingerprint density at radius 1 is 0.927 bits per heavy atom. The Bertz CT molecular complexity index is 1330. The molecule has 2 aliphatic rings. The molecule has 41 heavy (non-hydrogen) atoms. The average Bonchev–Trinajstić information content (AvgIpc) is 3.33. The lowest BCUT2D eigenvalue weighted by Crippen LogP contribution is -2.28. The maximum absolute atomic E-state index is 6.93. The maximum Gasteiger partial charge on any atom is 0.210 e. The van der Waals surface area contributed by atoms with Crippen LogP contribution in [0.25, 0.3) is 0 Å². The highest BCUT2D eigenvalue weighted by atomic mass is 31.2. The molecule has 0 saturated carbocycles. The molecular formula is C35H48N2O3P+. The molecule has 0 bridgehead atoms. The van der Waals surface area contributed by atoms with Crippen LogP contribution in [-0.2, 0) is 19.9 Å². The van der Waals surface area contributed by atoms with Crippen molar-refractivity contribution < 1.29 is 18.7 Å². The number of aliphatic hydroxyl groups excluding tert-OH is 1. The van der Waals surface area contributed by atoms with Gasteiger partial charge in [0.05, 0.1) is 12.0 Å². The van der Waals surface area contributed by atoms with E-state index >= 15 is 0 Å². The molecule has 220 valence electrons. The van der Waals surface area contributed by atoms with Gasteiger partial charge in [-0.15, -0.1) is 0 Å². The molecule has 0 aromatic heterocycles. The van der Waals surface area contributed by atoms with Crippen molar-refractivity contribution >= 4 is 25.5 Å². The number of hydrogen-bond donors (Lipinski definition) is 1. The summed E-state index contributed by atoms with van der Waals surface area (Å²) < 4.78 is 20.5. The molecule has 0 spiro atoms. The second-order valence-electron chi connectivity index (χ2n) is 11.8. The number of rotatable bonds is 15. The molecule has 2 heterocycles. The molecule has 5 nitrogen and oxygen atoms in total. The predicted molar refractivity (Wildman–Crippen MR) is 174 cm³/mol. The summed E-state index contributed by atoms with van der Waals surface area (Å²) in [7, 11) is 0.899. The first-order chi connectivity index (χ1) is 20.2. The summed E-state index contributed by atoms with van der Waals surface area (Å²) in [4.78, 5) is 2.48. The molecular weight excluding hydrogens is 527 g/mol. The molecule has 0 amide bonds. The van der Waals surface area contributed by atoms with Crippen LogP contribution in [0, 0.1) is 0 Å². The molecule has 2 aromatic carbocycles. The number of allylic oxidation sites excluding steroid dienone is 6. The topological polar surface area (TPSA) is 44.9 Å². The van der Waals surface area contributed by atoms with Crippen LogP contribution < -0.4 is 4.90 Å². The third kappa shape index (κ3) is 6.92. The predicted octanol–water partition coefficient (Wildman–Crippen LogP) is 8.01. The summed E-state index contributed by atoms with van der Waals surface area (Å²) in [6.07, 6.45) is 15.0. The highest BCUT2D eigenvalue weighted by Crippen LogP contribution is 2.47. The summed E-state index contributed by atoms with van der Waals surface area (Å²) in [6, 6.07) is 17.5. The molecule has 0 saturated heterocycles. The van der Waals surface area contributed by atoms with Gasteiger partial charge in [-0.05, 0) is 50.8 Å². The molecule has 2 aliphatic heterocycles. The Kier molecular flexibility index (Phi) is 10.3. The monoisotopic (exact) mass is 577 g/mol. The quantitative estimate of drug-likeness (QED) is 0.101. The van der Waals surface area contributed by atoms with Gasteiger partial charge < -0.3 is 19.1 Å². The number of anilines is 1. The van der Waals surface area contributed by atoms with Crippen LogP contribution in [0.4, 0.5) is 11.4 Å². The lowest BCUT2D eigenvalue weighted by molar-refractivity contribution is -0.438. The van der Waals surface area contributed by atoms with Crippen LogP contribution in [0.1, 0.15) is 64.5 Å². The van der Waals surface area contributed by atoms with Crippen molar-refractivity contribution in [2.45, 2.75) is 64.2 Å². The van der Waals surface area contributed by atoms with Gasteiger partial charge in [0, 0.05) is 67.9 Å². The summed E-state index contributed by atoms with van der Waals surface area (Å²) in [5.74, 6) is 0. The zero-order valence-corrected chi connectivity index (χ0v) is 26.6. The van der Waals surface area contributed by atoms with Crippen LogP contribution in [0.2, 0.25) is 0 Å². The minimum absolute atomic E-state index is 0.0701. The summed E-state index contributed by atoms with van der Waals surface area (Å²) in [5, 5.41) is 4.51. The van der Waals surface area contributed by atoms with Crippen molar-refractivity contribution in [3.8, 4) is 0 Å². The first-order valence-electron chi connectivity index (χ1n) is 15.3. The van der Waals surface area contributed by atoms with Crippen molar-refractivity contribution in [2.75, 3.05) is 45.0 Å². The Balaban J connectivity index is 1.54. The molecule has 0 aliphatic carbocycles. The van der Waals surface area contributed by atoms with Crippen LogP contribution >= 0.6 is 8.38 Å². The Labute approximate surface area is 250 Å². The second kappa shape index (κ2) is 14.1. The Morgan fingerprint density at radius 3 is 2.46 bits per heavy atom. The van der Waals surface area contributed by atoms with Gasteiger partial charge in [0.15, 0.2) is 20.6 Å². The fourth-order valence-corrected chi connectivity index (χ4v) is 6.63. The number of fused-ring (bicyclic) bond motifs is 2. The van der Waals surface area contributed by atoms with Gasteiger partial charge in [-0.3, -0.25) is 0 Å². The number of hydrogen-bond acceptors (Lipinski definition) is 4. The number of para-hydroxylation sites is 2. The summed E-state index contributed by atoms with van der Waals surface area (Å²) in [6.45, 7) is 14.3. The molecule has 1 N–H and O–H groups in total. The second-order valence-corrected chi connectivity index (χ2v) is 13.3. The summed E-state index contributed by atoms with van der Waals surface area (Å²) in [5.41, 5.74) is 7.79. The molecule has 6 heteroatoms. The van der Waals surface area contributed by atoms with Gasteiger partial charge >= 0.3 is 0 Å². The van der Waals surface area contributed by atoms with E-state index in [1.165, 1.54) is 33.9 Å². The largest absolute Gasteiger partial charge is 0.396 e. The SMILES string of the molecule is [3H]OCCCCCN1C(=CC=CC=CC2=[N+](CCCOP(C)OC)c3ccccc3C2(C)C)C(C)(C)c2ccccc21. The van der Waals surface area contributed by atoms with E-state index in [2.05, 4.69) is 121 Å². The number of nitrogens with zero attached hydrogens (tertiary/aromatic N) is 2. The van der Waals surface area contributed by atoms with Gasteiger partial charge in [0.25, 0.3) is 0 Å². The average molecular weight is 578 g/mol. The third-order valence-corrected chi connectivity index (χ3v) is 9.47. The molecule has 0 radical (unpaired) electrons. The molecule has 1 unspecified atom stereocenters. The highest BCUT2D eigenvalue weighted by Gasteiger charge is 2.44. The van der Waals surface area contributed by atoms with Crippen molar-refractivity contribution in [2.24, 2.45) is 0 Å². The van der Waals surface area contributed by atoms with Crippen LogP contribution in [0.15, 0.2) is 84.6 Å². The smallest absolute Gasteiger partial charge is 0.210 e. The fraction of sp³-hybridized carbons (Fsp3) is 0.457. The third-order valence-electron chi connectivity index (χ3n) is 8.41. The van der Waals surface area contributed by atoms with Crippen LogP contribution in [-0.4, -0.2) is 56.9 Å². The summed E-state index contributed by atoms with van der Waals surface area (Å²) >= 11 is 0. The maximum atomic E-state index is 6.93. The van der Waals surface area contributed by atoms with Gasteiger partial charge in [-0.2, -0.15) is 4.58 Å². The zero-order valence-electron chi connectivity index (χ0n) is 26.7. The first kappa shape index (κ1) is 29.9. The van der Waals surface area contributed by atoms with E-state index in [9.17, 15) is 0 Å². The molecule has 2 aromatic rings. The van der Waals surface area contributed by atoms with Crippen molar-refractivity contribution in [3.63, 3.8) is 0 Å². The number of benzene rings is 2. The van der Waals surface area contributed by atoms with Crippen molar-refractivity contribution in [1.82, 2.24) is 0 Å². The molecule has 4 rings (SSSR count). The minimum atomic E-state index is -0.804. The molecule has 1 atom stereocenters. The van der Waals surface area contributed by atoms with Gasteiger partial charge in [-0.25, -0.2) is 0 Å². The van der Waals surface area contributed by atoms with E-state index in [0.717, 1.165) is 38.8 Å². The van der Waals surface area contributed by atoms with Crippen LogP contribution in [0.3, 0.4) is 0 Å². The van der Waals surface area contributed by atoms with E-state index < -0.39 is 8.38 Å². The van der Waals surface area contributed by atoms with E-state index in [-0.39, 0.29) is 10.8 Å². The van der Waals surface area contributed by atoms with Crippen LogP contribution in [0.5, 0.6) is 0 Å². The zero-order chi connectivity index (χ0) is 30.2. The normalized spacial score (nSPS) is 19.4. The van der Waals surface area contributed by atoms with Crippen molar-refractivity contribution in [3.05, 3.63) is 95.7 Å². The van der Waals surface area contributed by atoms with Gasteiger partial charge in [-0.1, -0.05) is 68.5 Å². The Morgan fingerprint density at radius 2 is 1.68 bits per heavy atom. The van der Waals surface area contributed by atoms with Crippen molar-refractivity contribution in [1.29, 1.82) is 1.43 Å². The first-order valence-corrected chi connectivity index (χ1v) is 16.5. The number of unbranched alkanes of at least 4 members (excludes halogenated alkanes) is 2. The Hall–Kier alpha value is -2.56. The lowest BCUT2D eigenvalue weighted by atomic mass is 9.81. The van der Waals surface area contributed by atoms with E-state index in [1.807, 2.05) is 6.66 Å². The standard InChI is InChI=1S/C35H48N2O3P/c1-34(2)28-18-11-13-20-30(28)36(24-15-8-16-26-38)32(34)22-9-7-10-23-33-35(3,4)29-19-12-14-21-31(29)37(33)25-17-27-40-41(6)39-5/h7,9-14,18-23,38H,8,15-17,24-27H2,1-6H3/q+1/i38T. The van der Waals surface area contributed by atoms with Gasteiger partial charge in [0.1, 0.15) is 0 Å². The minimum Gasteiger partial charge on any atom is -0.396 e. The highest BCUT2D eigenvalue weighted by molar-refractivity contribution is 7.46. The van der Waals surface area contributed by atoms with E-state index in [1.54, 1.807) is 7.11 Å². The molecule has 0 fully saturated rings. The fourth-order valence-electron chi connectivity index (χ4n) is 6.14. The number of aliphatic hydroxyl groups is 1. The lowest BCUT2D eigenvalue weighted by Gasteiger charge is -2.27. The van der Waals surface area contributed by atoms with Gasteiger partial charge in [0.2, 0.25) is 7.12 Å².